The number of para-hydroxylation sites is 2. The van der Waals surface area contributed by atoms with Crippen molar-refractivity contribution in [1.82, 2.24) is 10.2 Å². The number of carbonyl (C=O) groups excluding carboxylic acids is 1. The van der Waals surface area contributed by atoms with Gasteiger partial charge in [0.1, 0.15) is 5.75 Å². The van der Waals surface area contributed by atoms with Gasteiger partial charge >= 0.3 is 0 Å². The summed E-state index contributed by atoms with van der Waals surface area (Å²) in [6, 6.07) is 16.4. The molecule has 172 valence electrons. The number of nitrogens with zero attached hydrogens (tertiary/aromatic N) is 4. The molecule has 2 aliphatic heterocycles. The molecular formula is C24H32IN5O2. The molecule has 0 bridgehead atoms. The lowest BCUT2D eigenvalue weighted by molar-refractivity contribution is -0.121. The molecule has 2 aromatic rings. The van der Waals surface area contributed by atoms with Crippen molar-refractivity contribution in [3.05, 3.63) is 54.1 Å². The highest BCUT2D eigenvalue weighted by molar-refractivity contribution is 14.0. The van der Waals surface area contributed by atoms with E-state index < -0.39 is 0 Å². The Kier molecular flexibility index (Phi) is 8.60. The van der Waals surface area contributed by atoms with E-state index in [4.69, 9.17) is 4.74 Å². The van der Waals surface area contributed by atoms with E-state index in [2.05, 4.69) is 51.3 Å². The number of aliphatic imine (C=N–C) groups is 1. The van der Waals surface area contributed by atoms with Gasteiger partial charge in [-0.2, -0.15) is 0 Å². The molecule has 0 saturated carbocycles. The van der Waals surface area contributed by atoms with Gasteiger partial charge < -0.3 is 24.8 Å². The molecule has 4 rings (SSSR count). The molecule has 2 aromatic carbocycles. The number of hydrogen-bond acceptors (Lipinski definition) is 4. The number of piperazine rings is 1. The van der Waals surface area contributed by atoms with E-state index in [0.717, 1.165) is 56.5 Å². The van der Waals surface area contributed by atoms with E-state index in [0.29, 0.717) is 6.54 Å². The van der Waals surface area contributed by atoms with Gasteiger partial charge in [0.25, 0.3) is 5.91 Å². The molecule has 32 heavy (non-hydrogen) atoms. The third-order valence-corrected chi connectivity index (χ3v) is 5.81. The summed E-state index contributed by atoms with van der Waals surface area (Å²) < 4.78 is 5.52. The summed E-state index contributed by atoms with van der Waals surface area (Å²) >= 11 is 0. The lowest BCUT2D eigenvalue weighted by atomic mass is 10.2. The highest BCUT2D eigenvalue weighted by atomic mass is 127. The summed E-state index contributed by atoms with van der Waals surface area (Å²) in [5, 5.41) is 3.47. The first-order valence-electron chi connectivity index (χ1n) is 10.9. The number of hydrogen-bond donors (Lipinski definition) is 1. The number of ether oxygens (including phenoxy) is 1. The van der Waals surface area contributed by atoms with Crippen molar-refractivity contribution in [2.75, 3.05) is 62.7 Å². The zero-order valence-corrected chi connectivity index (χ0v) is 21.1. The molecule has 1 N–H and O–H groups in total. The number of guanidine groups is 1. The van der Waals surface area contributed by atoms with E-state index in [1.54, 1.807) is 0 Å². The van der Waals surface area contributed by atoms with Gasteiger partial charge in [-0.3, -0.25) is 9.79 Å². The van der Waals surface area contributed by atoms with Gasteiger partial charge in [0.05, 0.1) is 5.69 Å². The van der Waals surface area contributed by atoms with E-state index in [9.17, 15) is 4.79 Å². The average molecular weight is 549 g/mol. The zero-order chi connectivity index (χ0) is 21.6. The van der Waals surface area contributed by atoms with Crippen molar-refractivity contribution in [3.63, 3.8) is 0 Å². The number of halogens is 1. The number of benzene rings is 2. The molecule has 0 aliphatic carbocycles. The zero-order valence-electron chi connectivity index (χ0n) is 18.8. The van der Waals surface area contributed by atoms with Crippen molar-refractivity contribution in [3.8, 4) is 5.75 Å². The average Bonchev–Trinajstić information content (AvgIpc) is 2.80. The van der Waals surface area contributed by atoms with Crippen LogP contribution >= 0.6 is 24.0 Å². The predicted octanol–water partition coefficient (Wildman–Crippen LogP) is 3.13. The number of anilines is 2. The standard InChI is InChI=1S/C24H31N5O2.HI/c1-19-7-5-8-20(17-19)27-13-15-28(16-14-27)24(25-2)26-11-6-12-29-21-9-3-4-10-22(21)31-18-23(29)30;/h3-5,7-10,17H,6,11-16,18H2,1-2H3,(H,25,26);1H. The topological polar surface area (TPSA) is 60.4 Å². The summed E-state index contributed by atoms with van der Waals surface area (Å²) in [4.78, 5) is 23.3. The van der Waals surface area contributed by atoms with Crippen LogP contribution in [0.4, 0.5) is 11.4 Å². The first kappa shape index (κ1) is 24.2. The van der Waals surface area contributed by atoms with Crippen LogP contribution in [0.3, 0.4) is 0 Å². The van der Waals surface area contributed by atoms with Gasteiger partial charge in [0.15, 0.2) is 12.6 Å². The summed E-state index contributed by atoms with van der Waals surface area (Å²) in [5.41, 5.74) is 3.44. The number of aryl methyl sites for hydroxylation is 1. The molecule has 0 spiro atoms. The first-order chi connectivity index (χ1) is 15.2. The lowest BCUT2D eigenvalue weighted by Gasteiger charge is -2.38. The minimum absolute atomic E-state index is 0. The first-order valence-corrected chi connectivity index (χ1v) is 10.9. The Morgan fingerprint density at radius 1 is 1.09 bits per heavy atom. The summed E-state index contributed by atoms with van der Waals surface area (Å²) in [6.45, 7) is 7.48. The molecule has 1 saturated heterocycles. The maximum atomic E-state index is 12.3. The van der Waals surface area contributed by atoms with Crippen LogP contribution in [0.15, 0.2) is 53.5 Å². The maximum Gasteiger partial charge on any atom is 0.265 e. The Hall–Kier alpha value is -2.49. The van der Waals surface area contributed by atoms with Gasteiger partial charge in [0, 0.05) is 52.0 Å². The predicted molar refractivity (Wildman–Crippen MR) is 141 cm³/mol. The second-order valence-corrected chi connectivity index (χ2v) is 7.94. The molecule has 0 aromatic heterocycles. The third-order valence-electron chi connectivity index (χ3n) is 5.81. The molecule has 7 nitrogen and oxygen atoms in total. The minimum atomic E-state index is 0. The summed E-state index contributed by atoms with van der Waals surface area (Å²) in [7, 11) is 1.83. The highest BCUT2D eigenvalue weighted by Crippen LogP contribution is 2.31. The van der Waals surface area contributed by atoms with Crippen LogP contribution in [0.2, 0.25) is 0 Å². The lowest BCUT2D eigenvalue weighted by Crippen LogP contribution is -2.52. The quantitative estimate of drug-likeness (QED) is 0.269. The molecular weight excluding hydrogens is 517 g/mol. The van der Waals surface area contributed by atoms with Crippen LogP contribution < -0.4 is 19.9 Å². The molecule has 2 heterocycles. The highest BCUT2D eigenvalue weighted by Gasteiger charge is 2.25. The van der Waals surface area contributed by atoms with Gasteiger partial charge in [-0.15, -0.1) is 24.0 Å². The van der Waals surface area contributed by atoms with Crippen molar-refractivity contribution in [2.24, 2.45) is 4.99 Å². The molecule has 8 heteroatoms. The normalized spacial score (nSPS) is 16.2. The van der Waals surface area contributed by atoms with Gasteiger partial charge in [0.2, 0.25) is 0 Å². The Labute approximate surface area is 207 Å². The van der Waals surface area contributed by atoms with E-state index in [-0.39, 0.29) is 36.5 Å². The summed E-state index contributed by atoms with van der Waals surface area (Å²) in [5.74, 6) is 1.71. The second kappa shape index (κ2) is 11.4. The molecule has 2 aliphatic rings. The monoisotopic (exact) mass is 549 g/mol. The third kappa shape index (κ3) is 5.65. The fourth-order valence-corrected chi connectivity index (χ4v) is 4.17. The van der Waals surface area contributed by atoms with Gasteiger partial charge in [-0.1, -0.05) is 24.3 Å². The molecule has 0 radical (unpaired) electrons. The molecule has 1 amide bonds. The molecule has 1 fully saturated rings. The van der Waals surface area contributed by atoms with Gasteiger partial charge in [-0.25, -0.2) is 0 Å². The smallest absolute Gasteiger partial charge is 0.265 e. The van der Waals surface area contributed by atoms with Crippen molar-refractivity contribution < 1.29 is 9.53 Å². The van der Waals surface area contributed by atoms with Crippen LogP contribution in [0.1, 0.15) is 12.0 Å². The fraction of sp³-hybridized carbons (Fsp3) is 0.417. The van der Waals surface area contributed by atoms with Crippen LogP contribution in [0.25, 0.3) is 0 Å². The van der Waals surface area contributed by atoms with Crippen LogP contribution in [-0.2, 0) is 4.79 Å². The minimum Gasteiger partial charge on any atom is -0.482 e. The Bertz CT molecular complexity index is 943. The maximum absolute atomic E-state index is 12.3. The van der Waals surface area contributed by atoms with Crippen LogP contribution in [0, 0.1) is 6.92 Å². The van der Waals surface area contributed by atoms with E-state index in [1.165, 1.54) is 11.3 Å². The number of amides is 1. The largest absolute Gasteiger partial charge is 0.482 e. The summed E-state index contributed by atoms with van der Waals surface area (Å²) in [6.07, 6.45) is 0.836. The number of rotatable bonds is 5. The van der Waals surface area contributed by atoms with Crippen molar-refractivity contribution >= 4 is 47.2 Å². The Morgan fingerprint density at radius 3 is 2.62 bits per heavy atom. The SMILES string of the molecule is CN=C(NCCCN1C(=O)COc2ccccc21)N1CCN(c2cccc(C)c2)CC1.I. The molecule has 0 atom stereocenters. The number of fused-ring (bicyclic) bond motifs is 1. The van der Waals surface area contributed by atoms with Crippen LogP contribution in [0.5, 0.6) is 5.75 Å². The van der Waals surface area contributed by atoms with E-state index in [1.807, 2.05) is 36.2 Å². The van der Waals surface area contributed by atoms with E-state index >= 15 is 0 Å². The van der Waals surface area contributed by atoms with Crippen molar-refractivity contribution in [2.45, 2.75) is 13.3 Å². The molecule has 0 unspecified atom stereocenters. The Morgan fingerprint density at radius 2 is 1.88 bits per heavy atom. The number of carbonyl (C=O) groups is 1. The Balaban J connectivity index is 0.00000289. The number of nitrogens with one attached hydrogen (secondary N) is 1. The second-order valence-electron chi connectivity index (χ2n) is 7.94. The fourth-order valence-electron chi connectivity index (χ4n) is 4.17. The van der Waals surface area contributed by atoms with Crippen LogP contribution in [-0.4, -0.2) is 69.7 Å². The van der Waals surface area contributed by atoms with Crippen molar-refractivity contribution in [1.29, 1.82) is 0 Å². The van der Waals surface area contributed by atoms with Gasteiger partial charge in [-0.05, 0) is 43.2 Å².